The third-order valence-electron chi connectivity index (χ3n) is 3.89. The second-order valence-electron chi connectivity index (χ2n) is 5.33. The van der Waals surface area contributed by atoms with E-state index < -0.39 is 0 Å². The predicted molar refractivity (Wildman–Crippen MR) is 82.2 cm³/mol. The molecule has 0 radical (unpaired) electrons. The lowest BCUT2D eigenvalue weighted by molar-refractivity contribution is -0.130. The van der Waals surface area contributed by atoms with Crippen LogP contribution in [0, 0.1) is 0 Å². The average Bonchev–Trinajstić information content (AvgIpc) is 3.05. The van der Waals surface area contributed by atoms with Crippen molar-refractivity contribution in [1.29, 1.82) is 0 Å². The molecular formula is C16H18N4O2. The maximum absolute atomic E-state index is 12.5. The Hall–Kier alpha value is -2.63. The maximum Gasteiger partial charge on any atom is 0.272 e. The van der Waals surface area contributed by atoms with Crippen molar-refractivity contribution in [3.8, 4) is 11.3 Å². The molecule has 1 aromatic heterocycles. The van der Waals surface area contributed by atoms with Gasteiger partial charge in [-0.3, -0.25) is 14.7 Å². The van der Waals surface area contributed by atoms with Crippen LogP contribution in [-0.4, -0.2) is 58.0 Å². The lowest BCUT2D eigenvalue weighted by atomic mass is 10.1. The van der Waals surface area contributed by atoms with Gasteiger partial charge in [0.25, 0.3) is 5.91 Å². The average molecular weight is 298 g/mol. The number of aromatic nitrogens is 2. The molecule has 2 aromatic rings. The standard InChI is InChI=1S/C16H18N4O2/c1-12(21)19-7-9-20(10-8-19)16(22)15-11-14(17-18-15)13-5-3-2-4-6-13/h2-6,11H,7-10H2,1H3,(H,17,18). The molecule has 6 nitrogen and oxygen atoms in total. The van der Waals surface area contributed by atoms with Gasteiger partial charge < -0.3 is 9.80 Å². The highest BCUT2D eigenvalue weighted by molar-refractivity contribution is 5.93. The highest BCUT2D eigenvalue weighted by Gasteiger charge is 2.24. The number of benzene rings is 1. The van der Waals surface area contributed by atoms with Crippen LogP contribution in [0.15, 0.2) is 36.4 Å². The molecule has 0 bridgehead atoms. The molecule has 1 aliphatic heterocycles. The third kappa shape index (κ3) is 2.86. The first-order valence-corrected chi connectivity index (χ1v) is 7.31. The van der Waals surface area contributed by atoms with Gasteiger partial charge in [0, 0.05) is 38.7 Å². The van der Waals surface area contributed by atoms with Gasteiger partial charge in [-0.05, 0) is 6.07 Å². The van der Waals surface area contributed by atoms with E-state index in [4.69, 9.17) is 0 Å². The summed E-state index contributed by atoms with van der Waals surface area (Å²) in [6.07, 6.45) is 0. The molecular weight excluding hydrogens is 280 g/mol. The molecule has 114 valence electrons. The summed E-state index contributed by atoms with van der Waals surface area (Å²) in [6, 6.07) is 11.5. The third-order valence-corrected chi connectivity index (χ3v) is 3.89. The van der Waals surface area contributed by atoms with Gasteiger partial charge >= 0.3 is 0 Å². The first kappa shape index (κ1) is 14.3. The summed E-state index contributed by atoms with van der Waals surface area (Å²) in [7, 11) is 0. The molecule has 0 unspecified atom stereocenters. The number of H-pyrrole nitrogens is 1. The number of amides is 2. The number of hydrogen-bond donors (Lipinski definition) is 1. The molecule has 2 heterocycles. The number of carbonyl (C=O) groups excluding carboxylic acids is 2. The van der Waals surface area contributed by atoms with Gasteiger partial charge in [-0.25, -0.2) is 0 Å². The number of rotatable bonds is 2. The number of carbonyl (C=O) groups is 2. The second kappa shape index (κ2) is 6.01. The van der Waals surface area contributed by atoms with Crippen molar-refractivity contribution in [2.75, 3.05) is 26.2 Å². The van der Waals surface area contributed by atoms with E-state index >= 15 is 0 Å². The molecule has 0 saturated carbocycles. The minimum absolute atomic E-state index is 0.0556. The van der Waals surface area contributed by atoms with E-state index in [9.17, 15) is 9.59 Å². The molecule has 0 atom stereocenters. The Morgan fingerprint density at radius 2 is 1.68 bits per heavy atom. The SMILES string of the molecule is CC(=O)N1CCN(C(=O)c2cc(-c3ccccc3)n[nH]2)CC1. The number of nitrogens with zero attached hydrogens (tertiary/aromatic N) is 3. The topological polar surface area (TPSA) is 69.3 Å². The van der Waals surface area contributed by atoms with Crippen molar-refractivity contribution < 1.29 is 9.59 Å². The zero-order valence-corrected chi connectivity index (χ0v) is 12.5. The molecule has 6 heteroatoms. The summed E-state index contributed by atoms with van der Waals surface area (Å²) in [5.74, 6) is -0.0158. The van der Waals surface area contributed by atoms with Crippen LogP contribution in [-0.2, 0) is 4.79 Å². The fourth-order valence-corrected chi connectivity index (χ4v) is 2.58. The lowest BCUT2D eigenvalue weighted by Crippen LogP contribution is -2.50. The van der Waals surface area contributed by atoms with Gasteiger partial charge in [0.2, 0.25) is 5.91 Å². The molecule has 1 aliphatic rings. The summed E-state index contributed by atoms with van der Waals surface area (Å²) >= 11 is 0. The van der Waals surface area contributed by atoms with Crippen LogP contribution in [0.1, 0.15) is 17.4 Å². The molecule has 1 N–H and O–H groups in total. The van der Waals surface area contributed by atoms with Crippen molar-refractivity contribution in [2.45, 2.75) is 6.92 Å². The van der Waals surface area contributed by atoms with Gasteiger partial charge in [0.1, 0.15) is 5.69 Å². The van der Waals surface area contributed by atoms with Crippen LogP contribution < -0.4 is 0 Å². The fourth-order valence-electron chi connectivity index (χ4n) is 2.58. The van der Waals surface area contributed by atoms with Crippen molar-refractivity contribution >= 4 is 11.8 Å². The highest BCUT2D eigenvalue weighted by atomic mass is 16.2. The second-order valence-corrected chi connectivity index (χ2v) is 5.33. The van der Waals surface area contributed by atoms with Gasteiger partial charge in [-0.1, -0.05) is 30.3 Å². The summed E-state index contributed by atoms with van der Waals surface area (Å²) < 4.78 is 0. The normalized spacial score (nSPS) is 15.0. The zero-order chi connectivity index (χ0) is 15.5. The van der Waals surface area contributed by atoms with E-state index in [1.807, 2.05) is 30.3 Å². The molecule has 1 aromatic carbocycles. The summed E-state index contributed by atoms with van der Waals surface area (Å²) in [6.45, 7) is 3.83. The number of nitrogens with one attached hydrogen (secondary N) is 1. The Balaban J connectivity index is 1.69. The predicted octanol–water partition coefficient (Wildman–Crippen LogP) is 1.38. The van der Waals surface area contributed by atoms with Gasteiger partial charge in [0.05, 0.1) is 5.69 Å². The van der Waals surface area contributed by atoms with Gasteiger partial charge in [-0.15, -0.1) is 0 Å². The van der Waals surface area contributed by atoms with E-state index in [0.717, 1.165) is 11.3 Å². The maximum atomic E-state index is 12.5. The fraction of sp³-hybridized carbons (Fsp3) is 0.312. The van der Waals surface area contributed by atoms with Crippen LogP contribution in [0.4, 0.5) is 0 Å². The summed E-state index contributed by atoms with van der Waals surface area (Å²) in [5.41, 5.74) is 2.21. The van der Waals surface area contributed by atoms with E-state index in [1.54, 1.807) is 22.8 Å². The van der Waals surface area contributed by atoms with Crippen LogP contribution in [0.5, 0.6) is 0 Å². The Labute approximate surface area is 128 Å². The Kier molecular flexibility index (Phi) is 3.91. The van der Waals surface area contributed by atoms with Crippen molar-refractivity contribution in [3.63, 3.8) is 0 Å². The van der Waals surface area contributed by atoms with E-state index in [1.165, 1.54) is 0 Å². The first-order valence-electron chi connectivity index (χ1n) is 7.31. The lowest BCUT2D eigenvalue weighted by Gasteiger charge is -2.33. The smallest absolute Gasteiger partial charge is 0.272 e. The Morgan fingerprint density at radius 1 is 1.05 bits per heavy atom. The number of hydrogen-bond acceptors (Lipinski definition) is 3. The first-order chi connectivity index (χ1) is 10.6. The minimum atomic E-state index is -0.0714. The van der Waals surface area contributed by atoms with Crippen molar-refractivity contribution in [1.82, 2.24) is 20.0 Å². The molecule has 0 spiro atoms. The number of piperazine rings is 1. The Bertz CT molecular complexity index is 672. The monoisotopic (exact) mass is 298 g/mol. The van der Waals surface area contributed by atoms with Crippen molar-refractivity contribution in [3.05, 3.63) is 42.1 Å². The molecule has 0 aliphatic carbocycles. The molecule has 1 fully saturated rings. The zero-order valence-electron chi connectivity index (χ0n) is 12.5. The van der Waals surface area contributed by atoms with Crippen molar-refractivity contribution in [2.24, 2.45) is 0 Å². The van der Waals surface area contributed by atoms with E-state index in [-0.39, 0.29) is 11.8 Å². The molecule has 22 heavy (non-hydrogen) atoms. The van der Waals surface area contributed by atoms with Crippen LogP contribution in [0.2, 0.25) is 0 Å². The summed E-state index contributed by atoms with van der Waals surface area (Å²) in [4.78, 5) is 27.3. The minimum Gasteiger partial charge on any atom is -0.339 e. The quantitative estimate of drug-likeness (QED) is 0.910. The Morgan fingerprint density at radius 3 is 2.32 bits per heavy atom. The van der Waals surface area contributed by atoms with Crippen LogP contribution >= 0.6 is 0 Å². The molecule has 1 saturated heterocycles. The summed E-state index contributed by atoms with van der Waals surface area (Å²) in [5, 5.41) is 7.02. The van der Waals surface area contributed by atoms with Crippen LogP contribution in [0.25, 0.3) is 11.3 Å². The molecule has 2 amide bonds. The molecule has 3 rings (SSSR count). The van der Waals surface area contributed by atoms with E-state index in [0.29, 0.717) is 31.9 Å². The van der Waals surface area contributed by atoms with Crippen LogP contribution in [0.3, 0.4) is 0 Å². The van der Waals surface area contributed by atoms with Gasteiger partial charge in [0.15, 0.2) is 0 Å². The largest absolute Gasteiger partial charge is 0.339 e. The van der Waals surface area contributed by atoms with E-state index in [2.05, 4.69) is 10.2 Å². The number of aromatic amines is 1. The highest BCUT2D eigenvalue weighted by Crippen LogP contribution is 2.18. The van der Waals surface area contributed by atoms with Gasteiger partial charge in [-0.2, -0.15) is 5.10 Å².